The minimum absolute atomic E-state index is 0. The first-order valence-electron chi connectivity index (χ1n) is 11.3. The second kappa shape index (κ2) is 26.4. The van der Waals surface area contributed by atoms with Gasteiger partial charge in [-0.3, -0.25) is 19.9 Å². The van der Waals surface area contributed by atoms with Gasteiger partial charge in [-0.25, -0.2) is 0 Å². The number of nitrogens with zero attached hydrogens (tertiary/aromatic N) is 10. The Labute approximate surface area is 289 Å². The minimum atomic E-state index is -1.75. The van der Waals surface area contributed by atoms with E-state index in [-0.39, 0.29) is 56.0 Å². The van der Waals surface area contributed by atoms with E-state index >= 15 is 0 Å². The number of pyridine rings is 4. The second-order valence-corrected chi connectivity index (χ2v) is 7.25. The molecule has 6 rings (SSSR count). The molecule has 0 amide bonds. The summed E-state index contributed by atoms with van der Waals surface area (Å²) in [6.45, 7) is 0. The first-order chi connectivity index (χ1) is 20.3. The molecule has 0 spiro atoms. The molecular formula is C24H24Cu2N10O12+2. The van der Waals surface area contributed by atoms with Gasteiger partial charge in [0.15, 0.2) is 0 Å². The third-order valence-corrected chi connectivity index (χ3v) is 4.55. The van der Waals surface area contributed by atoms with Crippen LogP contribution in [0.4, 0.5) is 0 Å². The fourth-order valence-corrected chi connectivity index (χ4v) is 2.90. The second-order valence-electron chi connectivity index (χ2n) is 7.25. The number of hydrogen-bond acceptors (Lipinski definition) is 18. The molecule has 0 unspecified atom stereocenters. The van der Waals surface area contributed by atoms with E-state index in [0.717, 1.165) is 22.3 Å². The molecule has 0 saturated heterocycles. The van der Waals surface area contributed by atoms with Crippen molar-refractivity contribution in [1.82, 2.24) is 40.2 Å². The number of aromatic nitrogens is 8. The first kappa shape index (κ1) is 49.0. The van der Waals surface area contributed by atoms with Crippen LogP contribution in [0.5, 0.6) is 0 Å². The van der Waals surface area contributed by atoms with Gasteiger partial charge in [0.05, 0.1) is 21.3 Å². The summed E-state index contributed by atoms with van der Waals surface area (Å²) in [5.41, 5.74) is 3.36. The van der Waals surface area contributed by atoms with Crippen LogP contribution in [-0.2, 0) is 45.1 Å². The van der Waals surface area contributed by atoms with Crippen LogP contribution in [0.1, 0.15) is 0 Å². The largest absolute Gasteiger partial charge is 2.00 e. The van der Waals surface area contributed by atoms with E-state index in [1.54, 1.807) is 49.6 Å². The van der Waals surface area contributed by atoms with Crippen LogP contribution in [0.25, 0.3) is 45.7 Å². The average molecular weight is 772 g/mol. The van der Waals surface area contributed by atoms with Crippen molar-refractivity contribution in [1.29, 1.82) is 0 Å². The third kappa shape index (κ3) is 17.0. The average Bonchev–Trinajstić information content (AvgIpc) is 3.70. The molecule has 0 saturated carbocycles. The summed E-state index contributed by atoms with van der Waals surface area (Å²) in [4.78, 5) is 41.0. The Balaban J connectivity index is -0.000000300. The van der Waals surface area contributed by atoms with Crippen LogP contribution in [0, 0.1) is 30.6 Å². The maximum atomic E-state index is 8.25. The van der Waals surface area contributed by atoms with E-state index in [4.69, 9.17) is 39.7 Å². The Hall–Kier alpha value is -5.84. The molecular weight excluding hydrogens is 747 g/mol. The van der Waals surface area contributed by atoms with Gasteiger partial charge in [0.25, 0.3) is 11.8 Å². The smallest absolute Gasteiger partial charge is 0.870 e. The monoisotopic (exact) mass is 770 g/mol. The van der Waals surface area contributed by atoms with Crippen molar-refractivity contribution < 1.29 is 75.3 Å². The first-order valence-corrected chi connectivity index (χ1v) is 11.3. The van der Waals surface area contributed by atoms with Gasteiger partial charge >= 0.3 is 34.1 Å². The molecule has 0 aliphatic rings. The molecule has 2 radical (unpaired) electrons. The molecule has 48 heavy (non-hydrogen) atoms. The van der Waals surface area contributed by atoms with Crippen molar-refractivity contribution in [3.05, 3.63) is 129 Å². The van der Waals surface area contributed by atoms with Gasteiger partial charge in [-0.2, -0.15) is 9.97 Å². The zero-order valence-electron chi connectivity index (χ0n) is 23.6. The zero-order chi connectivity index (χ0) is 30.2. The van der Waals surface area contributed by atoms with Crippen molar-refractivity contribution in [3.8, 4) is 45.7 Å². The summed E-state index contributed by atoms with van der Waals surface area (Å²) >= 11 is 0. The number of hydrogen-bond donors (Lipinski definition) is 0. The van der Waals surface area contributed by atoms with E-state index in [1.165, 1.54) is 0 Å². The SMILES string of the molecule is O=[N+]([O-])[O-].O=[N+]([O-])[O-].[Cu+2].[Cu+2].[OH-].[OH-].[OH3+].[OH3+].c1cncc(-c2nc(-c3ccncc3)no2)c1.c1cncc(-c2nc(-c3ccncc3)no2)c1. The standard InChI is InChI=1S/2C12H8N4O.2Cu.2NO3.4H2O/c2*1-2-10(8-14-5-1)12-15-11(16-17-12)9-3-6-13-7-4-9;;;2*2-1(3)4;;;;/h2*1-8H;;;;;4*1H2/q;;2*+2;2*-1;;;;. The molecule has 6 heterocycles. The van der Waals surface area contributed by atoms with Gasteiger partial charge in [-0.15, -0.1) is 0 Å². The van der Waals surface area contributed by atoms with Gasteiger partial charge in [-0.1, -0.05) is 10.3 Å². The predicted octanol–water partition coefficient (Wildman–Crippen LogP) is 1.71. The van der Waals surface area contributed by atoms with Crippen LogP contribution < -0.4 is 0 Å². The van der Waals surface area contributed by atoms with Gasteiger partial charge < -0.3 is 61.6 Å². The van der Waals surface area contributed by atoms with Gasteiger partial charge in [0.1, 0.15) is 0 Å². The molecule has 24 heteroatoms. The summed E-state index contributed by atoms with van der Waals surface area (Å²) in [5.74, 6) is 2.02. The molecule has 6 aromatic rings. The molecule has 262 valence electrons. The van der Waals surface area contributed by atoms with E-state index in [1.807, 2.05) is 48.5 Å². The van der Waals surface area contributed by atoms with Crippen molar-refractivity contribution >= 4 is 0 Å². The maximum absolute atomic E-state index is 8.25. The number of rotatable bonds is 4. The van der Waals surface area contributed by atoms with Crippen LogP contribution in [-0.4, -0.2) is 61.3 Å². The Morgan fingerprint density at radius 3 is 1.08 bits per heavy atom. The quantitative estimate of drug-likeness (QED) is 0.106. The molecule has 0 aliphatic carbocycles. The summed E-state index contributed by atoms with van der Waals surface area (Å²) in [6, 6.07) is 14.7. The van der Waals surface area contributed by atoms with Crippen LogP contribution in [0.15, 0.2) is 107 Å². The fraction of sp³-hybridized carbons (Fsp3) is 0. The van der Waals surface area contributed by atoms with Gasteiger partial charge in [0, 0.05) is 60.7 Å². The molecule has 0 bridgehead atoms. The summed E-state index contributed by atoms with van der Waals surface area (Å²) in [6.07, 6.45) is 13.5. The summed E-state index contributed by atoms with van der Waals surface area (Å²) < 4.78 is 10.4. The van der Waals surface area contributed by atoms with E-state index in [0.29, 0.717) is 23.4 Å². The van der Waals surface area contributed by atoms with Crippen molar-refractivity contribution in [2.75, 3.05) is 0 Å². The molecule has 0 aliphatic heterocycles. The topological polar surface area (TPSA) is 388 Å². The van der Waals surface area contributed by atoms with E-state index in [2.05, 4.69) is 40.2 Å². The molecule has 6 aromatic heterocycles. The Morgan fingerprint density at radius 2 is 0.812 bits per heavy atom. The van der Waals surface area contributed by atoms with Crippen LogP contribution >= 0.6 is 0 Å². The summed E-state index contributed by atoms with van der Waals surface area (Å²) in [7, 11) is 0. The molecule has 8 N–H and O–H groups in total. The van der Waals surface area contributed by atoms with Crippen LogP contribution in [0.3, 0.4) is 0 Å². The molecule has 0 fully saturated rings. The van der Waals surface area contributed by atoms with Crippen molar-refractivity contribution in [2.45, 2.75) is 0 Å². The predicted molar refractivity (Wildman–Crippen MR) is 156 cm³/mol. The third-order valence-electron chi connectivity index (χ3n) is 4.55. The van der Waals surface area contributed by atoms with Gasteiger partial charge in [0.2, 0.25) is 11.6 Å². The fourth-order valence-electron chi connectivity index (χ4n) is 2.90. The molecule has 22 nitrogen and oxygen atoms in total. The van der Waals surface area contributed by atoms with Crippen molar-refractivity contribution in [3.63, 3.8) is 0 Å². The summed E-state index contributed by atoms with van der Waals surface area (Å²) in [5, 5.41) is 37.3. The van der Waals surface area contributed by atoms with Crippen LogP contribution in [0.2, 0.25) is 0 Å². The minimum Gasteiger partial charge on any atom is -0.870 e. The molecule has 0 aromatic carbocycles. The Morgan fingerprint density at radius 1 is 0.500 bits per heavy atom. The Bertz CT molecular complexity index is 1430. The van der Waals surface area contributed by atoms with E-state index in [9.17, 15) is 0 Å². The Kier molecular flexibility index (Phi) is 27.0. The maximum Gasteiger partial charge on any atom is 2.00 e. The van der Waals surface area contributed by atoms with Crippen molar-refractivity contribution in [2.24, 2.45) is 0 Å². The molecule has 0 atom stereocenters. The normalized spacial score (nSPS) is 8.33. The zero-order valence-corrected chi connectivity index (χ0v) is 25.5. The van der Waals surface area contributed by atoms with E-state index < -0.39 is 10.2 Å². The van der Waals surface area contributed by atoms with Gasteiger partial charge in [-0.05, 0) is 48.5 Å².